The highest BCUT2D eigenvalue weighted by Crippen LogP contribution is 2.23. The normalized spacial score (nSPS) is 12.5. The molecular weight excluding hydrogens is 338 g/mol. The van der Waals surface area contributed by atoms with E-state index < -0.39 is 0 Å². The number of hydrogen-bond acceptors (Lipinski definition) is 3. The molecule has 0 bridgehead atoms. The third-order valence-electron chi connectivity index (χ3n) is 5.25. The van der Waals surface area contributed by atoms with E-state index >= 15 is 0 Å². The van der Waals surface area contributed by atoms with E-state index in [0.29, 0.717) is 13.1 Å². The summed E-state index contributed by atoms with van der Waals surface area (Å²) in [5.74, 6) is 0.870. The summed E-state index contributed by atoms with van der Waals surface area (Å²) in [6.07, 6.45) is 3.85. The van der Waals surface area contributed by atoms with Gasteiger partial charge in [0.15, 0.2) is 5.78 Å². The number of carbonyl (C=O) groups is 2. The Kier molecular flexibility index (Phi) is 6.28. The molecular formula is C23H27NO3. The Morgan fingerprint density at radius 3 is 2.44 bits per heavy atom. The summed E-state index contributed by atoms with van der Waals surface area (Å²) in [6, 6.07) is 13.7. The van der Waals surface area contributed by atoms with Gasteiger partial charge in [0.1, 0.15) is 5.75 Å². The lowest BCUT2D eigenvalue weighted by atomic mass is 10.0. The summed E-state index contributed by atoms with van der Waals surface area (Å²) in [6.45, 7) is 3.13. The molecule has 0 atom stereocenters. The molecule has 0 radical (unpaired) electrons. The van der Waals surface area contributed by atoms with Gasteiger partial charge in [-0.3, -0.25) is 9.59 Å². The average Bonchev–Trinajstić information content (AvgIpc) is 3.18. The number of fused-ring (bicyclic) bond motifs is 1. The van der Waals surface area contributed by atoms with Crippen LogP contribution >= 0.6 is 0 Å². The van der Waals surface area contributed by atoms with E-state index in [9.17, 15) is 9.59 Å². The van der Waals surface area contributed by atoms with Gasteiger partial charge in [-0.05, 0) is 61.1 Å². The highest BCUT2D eigenvalue weighted by molar-refractivity contribution is 5.98. The molecule has 0 heterocycles. The van der Waals surface area contributed by atoms with E-state index in [2.05, 4.69) is 6.07 Å². The number of hydrogen-bond donors (Lipinski definition) is 0. The zero-order valence-corrected chi connectivity index (χ0v) is 16.2. The summed E-state index contributed by atoms with van der Waals surface area (Å²) in [5.41, 5.74) is 4.44. The van der Waals surface area contributed by atoms with Crippen molar-refractivity contribution >= 4 is 11.7 Å². The van der Waals surface area contributed by atoms with Crippen LogP contribution in [0.15, 0.2) is 42.5 Å². The standard InChI is InChI=1S/C23H27NO3/c1-3-24(16-17-7-11-21(27-2)12-8-17)23(26)14-13-22(25)20-10-9-18-5-4-6-19(18)15-20/h7-12,15H,3-6,13-14,16H2,1-2H3. The molecule has 0 unspecified atom stereocenters. The molecule has 2 aromatic carbocycles. The Bertz CT molecular complexity index is 811. The lowest BCUT2D eigenvalue weighted by Gasteiger charge is -2.21. The largest absolute Gasteiger partial charge is 0.497 e. The van der Waals surface area contributed by atoms with Crippen molar-refractivity contribution in [2.45, 2.75) is 45.6 Å². The number of ketones is 1. The molecule has 0 aliphatic heterocycles. The molecule has 0 N–H and O–H groups in total. The lowest BCUT2D eigenvalue weighted by Crippen LogP contribution is -2.30. The SMILES string of the molecule is CCN(Cc1ccc(OC)cc1)C(=O)CCC(=O)c1ccc2c(c1)CCC2. The molecule has 4 nitrogen and oxygen atoms in total. The Labute approximate surface area is 161 Å². The molecule has 4 heteroatoms. The van der Waals surface area contributed by atoms with Crippen LogP contribution in [-0.4, -0.2) is 30.2 Å². The molecule has 0 saturated carbocycles. The van der Waals surface area contributed by atoms with Crippen LogP contribution < -0.4 is 4.74 Å². The molecule has 0 saturated heterocycles. The van der Waals surface area contributed by atoms with Crippen LogP contribution in [0.1, 0.15) is 53.2 Å². The maximum absolute atomic E-state index is 12.6. The first-order valence-corrected chi connectivity index (χ1v) is 9.66. The van der Waals surface area contributed by atoms with Crippen molar-refractivity contribution in [3.8, 4) is 5.75 Å². The van der Waals surface area contributed by atoms with Crippen molar-refractivity contribution in [1.29, 1.82) is 0 Å². The van der Waals surface area contributed by atoms with Crippen molar-refractivity contribution < 1.29 is 14.3 Å². The molecule has 0 aromatic heterocycles. The van der Waals surface area contributed by atoms with E-state index in [1.807, 2.05) is 43.3 Å². The summed E-state index contributed by atoms with van der Waals surface area (Å²) in [7, 11) is 1.63. The molecule has 0 spiro atoms. The first-order chi connectivity index (χ1) is 13.1. The van der Waals surface area contributed by atoms with Crippen molar-refractivity contribution in [2.24, 2.45) is 0 Å². The van der Waals surface area contributed by atoms with E-state index in [0.717, 1.165) is 29.7 Å². The molecule has 1 amide bonds. The van der Waals surface area contributed by atoms with Gasteiger partial charge < -0.3 is 9.64 Å². The van der Waals surface area contributed by atoms with Crippen LogP contribution in [0.4, 0.5) is 0 Å². The van der Waals surface area contributed by atoms with E-state index in [1.165, 1.54) is 17.5 Å². The summed E-state index contributed by atoms with van der Waals surface area (Å²) in [4.78, 5) is 26.9. The fourth-order valence-corrected chi connectivity index (χ4v) is 3.60. The Hall–Kier alpha value is -2.62. The third kappa shape index (κ3) is 4.76. The van der Waals surface area contributed by atoms with Crippen molar-refractivity contribution in [1.82, 2.24) is 4.90 Å². The zero-order chi connectivity index (χ0) is 19.2. The number of benzene rings is 2. The number of ether oxygens (including phenoxy) is 1. The van der Waals surface area contributed by atoms with E-state index in [1.54, 1.807) is 12.0 Å². The predicted molar refractivity (Wildman–Crippen MR) is 106 cm³/mol. The predicted octanol–water partition coefficient (Wildman–Crippen LogP) is 4.20. The fourth-order valence-electron chi connectivity index (χ4n) is 3.60. The number of methoxy groups -OCH3 is 1. The zero-order valence-electron chi connectivity index (χ0n) is 16.2. The minimum absolute atomic E-state index is 0.0165. The molecule has 2 aromatic rings. The van der Waals surface area contributed by atoms with E-state index in [4.69, 9.17) is 4.74 Å². The first-order valence-electron chi connectivity index (χ1n) is 9.66. The second-order valence-electron chi connectivity index (χ2n) is 7.02. The minimum Gasteiger partial charge on any atom is -0.497 e. The highest BCUT2D eigenvalue weighted by Gasteiger charge is 2.17. The molecule has 0 fully saturated rings. The summed E-state index contributed by atoms with van der Waals surface area (Å²) in [5, 5.41) is 0. The van der Waals surface area contributed by atoms with Gasteiger partial charge in [-0.15, -0.1) is 0 Å². The van der Waals surface area contributed by atoms with Gasteiger partial charge in [0.05, 0.1) is 7.11 Å². The maximum Gasteiger partial charge on any atom is 0.223 e. The number of rotatable bonds is 8. The quantitative estimate of drug-likeness (QED) is 0.659. The summed E-state index contributed by atoms with van der Waals surface area (Å²) >= 11 is 0. The summed E-state index contributed by atoms with van der Waals surface area (Å²) < 4.78 is 5.16. The van der Waals surface area contributed by atoms with Crippen LogP contribution in [0.2, 0.25) is 0 Å². The first kappa shape index (κ1) is 19.2. The van der Waals surface area contributed by atoms with Crippen LogP contribution in [0, 0.1) is 0 Å². The molecule has 3 rings (SSSR count). The second kappa shape index (κ2) is 8.85. The number of aryl methyl sites for hydroxylation is 2. The topological polar surface area (TPSA) is 46.6 Å². The number of nitrogens with zero attached hydrogens (tertiary/aromatic N) is 1. The number of amides is 1. The van der Waals surface area contributed by atoms with Gasteiger partial charge in [-0.2, -0.15) is 0 Å². The highest BCUT2D eigenvalue weighted by atomic mass is 16.5. The van der Waals surface area contributed by atoms with Crippen molar-refractivity contribution in [2.75, 3.05) is 13.7 Å². The van der Waals surface area contributed by atoms with Crippen LogP contribution in [0.5, 0.6) is 5.75 Å². The number of Topliss-reactive ketones (excluding diaryl/α,β-unsaturated/α-hetero) is 1. The second-order valence-corrected chi connectivity index (χ2v) is 7.02. The molecule has 142 valence electrons. The Balaban J connectivity index is 1.55. The maximum atomic E-state index is 12.6. The van der Waals surface area contributed by atoms with Gasteiger partial charge in [0, 0.05) is 31.5 Å². The molecule has 1 aliphatic carbocycles. The average molecular weight is 365 g/mol. The fraction of sp³-hybridized carbons (Fsp3) is 0.391. The van der Waals surface area contributed by atoms with Crippen molar-refractivity contribution in [3.05, 3.63) is 64.7 Å². The number of carbonyl (C=O) groups excluding carboxylic acids is 2. The van der Waals surface area contributed by atoms with Crippen LogP contribution in [0.3, 0.4) is 0 Å². The van der Waals surface area contributed by atoms with Gasteiger partial charge in [0.25, 0.3) is 0 Å². The minimum atomic E-state index is 0.0165. The van der Waals surface area contributed by atoms with Crippen LogP contribution in [-0.2, 0) is 24.2 Å². The Morgan fingerprint density at radius 1 is 1.00 bits per heavy atom. The third-order valence-corrected chi connectivity index (χ3v) is 5.25. The van der Waals surface area contributed by atoms with E-state index in [-0.39, 0.29) is 24.5 Å². The van der Waals surface area contributed by atoms with Gasteiger partial charge in [-0.1, -0.05) is 24.3 Å². The van der Waals surface area contributed by atoms with Crippen molar-refractivity contribution in [3.63, 3.8) is 0 Å². The molecule has 1 aliphatic rings. The van der Waals surface area contributed by atoms with Gasteiger partial charge in [-0.25, -0.2) is 0 Å². The lowest BCUT2D eigenvalue weighted by molar-refractivity contribution is -0.131. The van der Waals surface area contributed by atoms with Gasteiger partial charge in [0.2, 0.25) is 5.91 Å². The van der Waals surface area contributed by atoms with Crippen LogP contribution in [0.25, 0.3) is 0 Å². The Morgan fingerprint density at radius 2 is 1.74 bits per heavy atom. The molecule has 27 heavy (non-hydrogen) atoms. The van der Waals surface area contributed by atoms with Gasteiger partial charge >= 0.3 is 0 Å². The smallest absolute Gasteiger partial charge is 0.223 e. The monoisotopic (exact) mass is 365 g/mol.